The SMILES string of the molecule is CC1CNCC(C2CCC(F)(F)CC2)C1. The van der Waals surface area contributed by atoms with Crippen molar-refractivity contribution in [1.29, 1.82) is 0 Å². The van der Waals surface area contributed by atoms with E-state index in [0.29, 0.717) is 17.8 Å². The van der Waals surface area contributed by atoms with Gasteiger partial charge < -0.3 is 5.32 Å². The average molecular weight is 217 g/mol. The lowest BCUT2D eigenvalue weighted by Crippen LogP contribution is -2.40. The second-order valence-electron chi connectivity index (χ2n) is 5.45. The van der Waals surface area contributed by atoms with Crippen molar-refractivity contribution in [2.24, 2.45) is 17.8 Å². The second kappa shape index (κ2) is 4.36. The van der Waals surface area contributed by atoms with Crippen LogP contribution in [0.4, 0.5) is 8.78 Å². The third kappa shape index (κ3) is 2.90. The lowest BCUT2D eigenvalue weighted by Gasteiger charge is -2.37. The summed E-state index contributed by atoms with van der Waals surface area (Å²) >= 11 is 0. The Bertz CT molecular complexity index is 208. The number of piperidine rings is 1. The number of hydrogen-bond acceptors (Lipinski definition) is 1. The van der Waals surface area contributed by atoms with Crippen molar-refractivity contribution in [3.05, 3.63) is 0 Å². The number of hydrogen-bond donors (Lipinski definition) is 1. The van der Waals surface area contributed by atoms with E-state index in [9.17, 15) is 8.78 Å². The molecule has 0 aromatic heterocycles. The Hall–Kier alpha value is -0.180. The fraction of sp³-hybridized carbons (Fsp3) is 1.00. The molecule has 15 heavy (non-hydrogen) atoms. The van der Waals surface area contributed by atoms with Gasteiger partial charge in [0.25, 0.3) is 0 Å². The number of nitrogens with one attached hydrogen (secondary N) is 1. The third-order valence-corrected chi connectivity index (χ3v) is 4.03. The molecule has 2 unspecified atom stereocenters. The van der Waals surface area contributed by atoms with E-state index >= 15 is 0 Å². The molecule has 1 saturated heterocycles. The zero-order valence-electron chi connectivity index (χ0n) is 9.44. The van der Waals surface area contributed by atoms with E-state index in [1.54, 1.807) is 0 Å². The minimum atomic E-state index is -2.37. The molecule has 1 saturated carbocycles. The van der Waals surface area contributed by atoms with E-state index in [1.165, 1.54) is 6.42 Å². The highest BCUT2D eigenvalue weighted by atomic mass is 19.3. The molecule has 0 aromatic carbocycles. The number of alkyl halides is 2. The molecule has 0 spiro atoms. The maximum atomic E-state index is 13.0. The van der Waals surface area contributed by atoms with Gasteiger partial charge in [0, 0.05) is 12.8 Å². The first kappa shape index (κ1) is 11.3. The van der Waals surface area contributed by atoms with Crippen LogP contribution in [0.15, 0.2) is 0 Å². The van der Waals surface area contributed by atoms with Gasteiger partial charge in [-0.1, -0.05) is 6.92 Å². The molecular weight excluding hydrogens is 196 g/mol. The highest BCUT2D eigenvalue weighted by Gasteiger charge is 2.38. The van der Waals surface area contributed by atoms with Gasteiger partial charge in [-0.25, -0.2) is 8.78 Å². The predicted molar refractivity (Wildman–Crippen MR) is 57.0 cm³/mol. The zero-order valence-corrected chi connectivity index (χ0v) is 9.44. The van der Waals surface area contributed by atoms with E-state index in [-0.39, 0.29) is 12.8 Å². The molecule has 0 aromatic rings. The summed E-state index contributed by atoms with van der Waals surface area (Å²) in [5, 5.41) is 3.42. The maximum Gasteiger partial charge on any atom is 0.248 e. The van der Waals surface area contributed by atoms with Gasteiger partial charge in [0.15, 0.2) is 0 Å². The van der Waals surface area contributed by atoms with Gasteiger partial charge in [0.1, 0.15) is 0 Å². The molecule has 0 bridgehead atoms. The van der Waals surface area contributed by atoms with Crippen LogP contribution in [0.2, 0.25) is 0 Å². The molecule has 3 heteroatoms. The molecule has 2 aliphatic rings. The number of halogens is 2. The van der Waals surface area contributed by atoms with Gasteiger partial charge in [0.05, 0.1) is 0 Å². The molecule has 2 rings (SSSR count). The fourth-order valence-electron chi connectivity index (χ4n) is 3.09. The molecule has 2 atom stereocenters. The quantitative estimate of drug-likeness (QED) is 0.711. The molecule has 1 aliphatic heterocycles. The topological polar surface area (TPSA) is 12.0 Å². The monoisotopic (exact) mass is 217 g/mol. The Morgan fingerprint density at radius 2 is 1.73 bits per heavy atom. The molecule has 88 valence electrons. The van der Waals surface area contributed by atoms with Crippen LogP contribution in [0, 0.1) is 17.8 Å². The number of rotatable bonds is 1. The van der Waals surface area contributed by atoms with E-state index in [0.717, 1.165) is 25.9 Å². The zero-order chi connectivity index (χ0) is 10.9. The van der Waals surface area contributed by atoms with Crippen LogP contribution >= 0.6 is 0 Å². The molecule has 0 amide bonds. The Morgan fingerprint density at radius 1 is 1.07 bits per heavy atom. The van der Waals surface area contributed by atoms with Crippen LogP contribution in [-0.2, 0) is 0 Å². The lowest BCUT2D eigenvalue weighted by atomic mass is 9.74. The summed E-state index contributed by atoms with van der Waals surface area (Å²) in [5.41, 5.74) is 0. The summed E-state index contributed by atoms with van der Waals surface area (Å²) in [6.07, 6.45) is 2.91. The average Bonchev–Trinajstić information content (AvgIpc) is 2.17. The summed E-state index contributed by atoms with van der Waals surface area (Å²) in [6, 6.07) is 0. The summed E-state index contributed by atoms with van der Waals surface area (Å²) < 4.78 is 26.0. The van der Waals surface area contributed by atoms with Gasteiger partial charge in [-0.2, -0.15) is 0 Å². The van der Waals surface area contributed by atoms with Crippen molar-refractivity contribution in [3.63, 3.8) is 0 Å². The van der Waals surface area contributed by atoms with E-state index in [1.807, 2.05) is 0 Å². The molecule has 2 fully saturated rings. The van der Waals surface area contributed by atoms with Crippen molar-refractivity contribution in [1.82, 2.24) is 5.32 Å². The molecule has 0 radical (unpaired) electrons. The normalized spacial score (nSPS) is 37.8. The minimum Gasteiger partial charge on any atom is -0.316 e. The van der Waals surface area contributed by atoms with Crippen LogP contribution in [-0.4, -0.2) is 19.0 Å². The first-order valence-corrected chi connectivity index (χ1v) is 6.15. The van der Waals surface area contributed by atoms with Crippen LogP contribution in [0.25, 0.3) is 0 Å². The first-order valence-electron chi connectivity index (χ1n) is 6.15. The largest absolute Gasteiger partial charge is 0.316 e. The molecule has 1 nitrogen and oxygen atoms in total. The van der Waals surface area contributed by atoms with E-state index in [2.05, 4.69) is 12.2 Å². The summed E-state index contributed by atoms with van der Waals surface area (Å²) in [6.45, 7) is 4.39. The Labute approximate surface area is 90.6 Å². The molecule has 1 N–H and O–H groups in total. The minimum absolute atomic E-state index is 0.114. The van der Waals surface area contributed by atoms with Gasteiger partial charge in [-0.15, -0.1) is 0 Å². The predicted octanol–water partition coefficient (Wildman–Crippen LogP) is 3.06. The highest BCUT2D eigenvalue weighted by molar-refractivity contribution is 4.85. The molecule has 1 aliphatic carbocycles. The first-order chi connectivity index (χ1) is 7.07. The second-order valence-corrected chi connectivity index (χ2v) is 5.45. The summed E-state index contributed by atoms with van der Waals surface area (Å²) in [7, 11) is 0. The van der Waals surface area contributed by atoms with Crippen molar-refractivity contribution in [3.8, 4) is 0 Å². The van der Waals surface area contributed by atoms with E-state index < -0.39 is 5.92 Å². The lowest BCUT2D eigenvalue weighted by molar-refractivity contribution is -0.0543. The van der Waals surface area contributed by atoms with Gasteiger partial charge >= 0.3 is 0 Å². The van der Waals surface area contributed by atoms with E-state index in [4.69, 9.17) is 0 Å². The van der Waals surface area contributed by atoms with Crippen molar-refractivity contribution in [2.45, 2.75) is 45.0 Å². The van der Waals surface area contributed by atoms with Gasteiger partial charge in [0.2, 0.25) is 5.92 Å². The standard InChI is InChI=1S/C12H21F2N/c1-9-6-11(8-15-7-9)10-2-4-12(13,14)5-3-10/h9-11,15H,2-8H2,1H3. The van der Waals surface area contributed by atoms with Gasteiger partial charge in [-0.05, 0) is 50.1 Å². The van der Waals surface area contributed by atoms with Crippen molar-refractivity contribution in [2.75, 3.05) is 13.1 Å². The van der Waals surface area contributed by atoms with Crippen LogP contribution in [0.1, 0.15) is 39.0 Å². The molecule has 1 heterocycles. The summed E-state index contributed by atoms with van der Waals surface area (Å²) in [4.78, 5) is 0. The van der Waals surface area contributed by atoms with Crippen LogP contribution in [0.5, 0.6) is 0 Å². The van der Waals surface area contributed by atoms with Crippen molar-refractivity contribution < 1.29 is 8.78 Å². The Morgan fingerprint density at radius 3 is 2.33 bits per heavy atom. The third-order valence-electron chi connectivity index (χ3n) is 4.03. The van der Waals surface area contributed by atoms with Gasteiger partial charge in [-0.3, -0.25) is 0 Å². The highest BCUT2D eigenvalue weighted by Crippen LogP contribution is 2.41. The molecular formula is C12H21F2N. The smallest absolute Gasteiger partial charge is 0.248 e. The maximum absolute atomic E-state index is 13.0. The van der Waals surface area contributed by atoms with Crippen molar-refractivity contribution >= 4 is 0 Å². The Balaban J connectivity index is 1.84. The summed E-state index contributed by atoms with van der Waals surface area (Å²) in [5.74, 6) is -0.472. The Kier molecular flexibility index (Phi) is 3.29. The van der Waals surface area contributed by atoms with Crippen LogP contribution in [0.3, 0.4) is 0 Å². The fourth-order valence-corrected chi connectivity index (χ4v) is 3.09. The van der Waals surface area contributed by atoms with Crippen LogP contribution < -0.4 is 5.32 Å².